The fraction of sp³-hybridized carbons (Fsp3) is 0.526. The average molecular weight is 347 g/mol. The number of carbonyl (C=O) groups is 3. The van der Waals surface area contributed by atoms with E-state index in [1.54, 1.807) is 65.8 Å². The molecule has 6 heteroatoms. The topological polar surface area (TPSA) is 81.7 Å². The van der Waals surface area contributed by atoms with Gasteiger partial charge in [-0.2, -0.15) is 0 Å². The number of ether oxygens (including phenoxy) is 2. The van der Waals surface area contributed by atoms with E-state index < -0.39 is 35.1 Å². The molecule has 6 nitrogen and oxygen atoms in total. The van der Waals surface area contributed by atoms with Gasteiger partial charge in [0.05, 0.1) is 6.04 Å². The summed E-state index contributed by atoms with van der Waals surface area (Å²) in [7, 11) is 0. The highest BCUT2D eigenvalue weighted by molar-refractivity contribution is 6.03. The number of rotatable bonds is 3. The monoisotopic (exact) mass is 347 g/mol. The maximum atomic E-state index is 12.7. The van der Waals surface area contributed by atoms with E-state index in [-0.39, 0.29) is 5.91 Å². The molecule has 0 aliphatic carbocycles. The number of esters is 2. The molecule has 1 aromatic rings. The summed E-state index contributed by atoms with van der Waals surface area (Å²) in [5.74, 6) is -3.03. The Balaban J connectivity index is 2.40. The lowest BCUT2D eigenvalue weighted by atomic mass is 9.92. The van der Waals surface area contributed by atoms with Crippen LogP contribution in [-0.2, 0) is 19.1 Å². The summed E-state index contributed by atoms with van der Waals surface area (Å²) in [5, 5.41) is 2.71. The standard InChI is InChI=1S/C19H25NO5/c1-18(2,3)24-16(22)13(17(23)25-19(4,5)6)14-11-9-7-8-10-12(11)15(21)20-14/h7-10,13-14H,1-6H3,(H,20,21). The van der Waals surface area contributed by atoms with Crippen LogP contribution in [0.4, 0.5) is 0 Å². The third-order valence-electron chi connectivity index (χ3n) is 3.48. The molecule has 1 aliphatic rings. The van der Waals surface area contributed by atoms with E-state index in [0.717, 1.165) is 0 Å². The van der Waals surface area contributed by atoms with Crippen molar-refractivity contribution in [3.05, 3.63) is 35.4 Å². The maximum Gasteiger partial charge on any atom is 0.323 e. The number of nitrogens with one attached hydrogen (secondary N) is 1. The van der Waals surface area contributed by atoms with Gasteiger partial charge < -0.3 is 14.8 Å². The molecule has 1 aromatic carbocycles. The molecule has 136 valence electrons. The summed E-state index contributed by atoms with van der Waals surface area (Å²) in [4.78, 5) is 37.6. The zero-order valence-corrected chi connectivity index (χ0v) is 15.5. The molecule has 25 heavy (non-hydrogen) atoms. The van der Waals surface area contributed by atoms with Crippen LogP contribution in [0.15, 0.2) is 24.3 Å². The Bertz CT molecular complexity index is 669. The molecule has 0 bridgehead atoms. The van der Waals surface area contributed by atoms with E-state index in [1.807, 2.05) is 0 Å². The molecule has 1 atom stereocenters. The lowest BCUT2D eigenvalue weighted by Gasteiger charge is -2.29. The Morgan fingerprint density at radius 3 is 1.92 bits per heavy atom. The van der Waals surface area contributed by atoms with Crippen LogP contribution in [0.1, 0.15) is 63.5 Å². The second kappa shape index (κ2) is 6.50. The van der Waals surface area contributed by atoms with Crippen molar-refractivity contribution in [1.29, 1.82) is 0 Å². The van der Waals surface area contributed by atoms with Crippen molar-refractivity contribution in [2.45, 2.75) is 58.8 Å². The van der Waals surface area contributed by atoms with Crippen molar-refractivity contribution in [2.24, 2.45) is 5.92 Å². The van der Waals surface area contributed by atoms with E-state index in [0.29, 0.717) is 11.1 Å². The Morgan fingerprint density at radius 1 is 0.960 bits per heavy atom. The van der Waals surface area contributed by atoms with E-state index in [2.05, 4.69) is 5.32 Å². The average Bonchev–Trinajstić information content (AvgIpc) is 2.73. The van der Waals surface area contributed by atoms with Crippen LogP contribution in [-0.4, -0.2) is 29.0 Å². The van der Waals surface area contributed by atoms with Crippen molar-refractivity contribution in [2.75, 3.05) is 0 Å². The van der Waals surface area contributed by atoms with Gasteiger partial charge in [-0.3, -0.25) is 14.4 Å². The van der Waals surface area contributed by atoms with E-state index in [1.165, 1.54) is 0 Å². The Hall–Kier alpha value is -2.37. The maximum absolute atomic E-state index is 12.7. The van der Waals surface area contributed by atoms with Gasteiger partial charge in [-0.05, 0) is 53.2 Å². The fourth-order valence-electron chi connectivity index (χ4n) is 2.63. The van der Waals surface area contributed by atoms with Crippen LogP contribution in [0.5, 0.6) is 0 Å². The molecule has 0 saturated carbocycles. The molecule has 1 aliphatic heterocycles. The summed E-state index contributed by atoms with van der Waals surface area (Å²) < 4.78 is 10.8. The first-order valence-corrected chi connectivity index (χ1v) is 8.24. The van der Waals surface area contributed by atoms with E-state index in [9.17, 15) is 14.4 Å². The Kier molecular flexibility index (Phi) is 4.93. The Morgan fingerprint density at radius 2 is 1.44 bits per heavy atom. The van der Waals surface area contributed by atoms with Gasteiger partial charge in [-0.1, -0.05) is 18.2 Å². The molecule has 1 N–H and O–H groups in total. The number of amides is 1. The molecular weight excluding hydrogens is 322 g/mol. The smallest absolute Gasteiger partial charge is 0.323 e. The van der Waals surface area contributed by atoms with Crippen molar-refractivity contribution in [3.8, 4) is 0 Å². The number of benzene rings is 1. The minimum absolute atomic E-state index is 0.322. The summed E-state index contributed by atoms with van der Waals surface area (Å²) in [6.07, 6.45) is 0. The lowest BCUT2D eigenvalue weighted by Crippen LogP contribution is -2.42. The second-order valence-electron chi connectivity index (χ2n) is 8.08. The van der Waals surface area contributed by atoms with Gasteiger partial charge in [-0.25, -0.2) is 0 Å². The lowest BCUT2D eigenvalue weighted by molar-refractivity contribution is -0.175. The molecule has 1 unspecified atom stereocenters. The summed E-state index contributed by atoms with van der Waals surface area (Å²) >= 11 is 0. The zero-order chi connectivity index (χ0) is 19.0. The molecule has 1 amide bonds. The van der Waals surface area contributed by atoms with E-state index >= 15 is 0 Å². The molecule has 0 aromatic heterocycles. The highest BCUT2D eigenvalue weighted by Crippen LogP contribution is 2.34. The van der Waals surface area contributed by atoms with Crippen molar-refractivity contribution in [1.82, 2.24) is 5.32 Å². The number of carbonyl (C=O) groups excluding carboxylic acids is 3. The summed E-state index contributed by atoms with van der Waals surface area (Å²) in [6.45, 7) is 10.3. The third-order valence-corrected chi connectivity index (χ3v) is 3.48. The van der Waals surface area contributed by atoms with Gasteiger partial charge in [-0.15, -0.1) is 0 Å². The van der Waals surface area contributed by atoms with Gasteiger partial charge in [0.25, 0.3) is 5.91 Å². The van der Waals surface area contributed by atoms with Crippen LogP contribution in [0.25, 0.3) is 0 Å². The molecule has 0 fully saturated rings. The zero-order valence-electron chi connectivity index (χ0n) is 15.5. The highest BCUT2D eigenvalue weighted by Gasteiger charge is 2.45. The van der Waals surface area contributed by atoms with Crippen LogP contribution < -0.4 is 5.32 Å². The van der Waals surface area contributed by atoms with E-state index in [4.69, 9.17) is 9.47 Å². The predicted molar refractivity (Wildman–Crippen MR) is 91.8 cm³/mol. The van der Waals surface area contributed by atoms with Crippen LogP contribution >= 0.6 is 0 Å². The molecule has 0 radical (unpaired) electrons. The van der Waals surface area contributed by atoms with Crippen molar-refractivity contribution in [3.63, 3.8) is 0 Å². The van der Waals surface area contributed by atoms with Crippen molar-refractivity contribution >= 4 is 17.8 Å². The SMILES string of the molecule is CC(C)(C)OC(=O)C(C(=O)OC(C)(C)C)C1NC(=O)c2ccccc21. The Labute approximate surface area is 147 Å². The van der Waals surface area contributed by atoms with Gasteiger partial charge in [0, 0.05) is 5.56 Å². The number of hydrogen-bond donors (Lipinski definition) is 1. The first-order chi connectivity index (χ1) is 11.4. The quantitative estimate of drug-likeness (QED) is 0.672. The van der Waals surface area contributed by atoms with Gasteiger partial charge in [0.1, 0.15) is 11.2 Å². The fourth-order valence-corrected chi connectivity index (χ4v) is 2.63. The first-order valence-electron chi connectivity index (χ1n) is 8.24. The summed E-state index contributed by atoms with van der Waals surface area (Å²) in [6, 6.07) is 6.06. The molecule has 1 heterocycles. The second-order valence-corrected chi connectivity index (χ2v) is 8.08. The van der Waals surface area contributed by atoms with Crippen molar-refractivity contribution < 1.29 is 23.9 Å². The number of hydrogen-bond acceptors (Lipinski definition) is 5. The predicted octanol–water partition coefficient (Wildman–Crippen LogP) is 2.77. The molecule has 2 rings (SSSR count). The largest absolute Gasteiger partial charge is 0.459 e. The van der Waals surface area contributed by atoms with Crippen LogP contribution in [0.3, 0.4) is 0 Å². The van der Waals surface area contributed by atoms with Crippen LogP contribution in [0.2, 0.25) is 0 Å². The molecule has 0 spiro atoms. The molecular formula is C19H25NO5. The minimum Gasteiger partial charge on any atom is -0.459 e. The first kappa shape index (κ1) is 19.0. The highest BCUT2D eigenvalue weighted by atomic mass is 16.6. The van der Waals surface area contributed by atoms with Gasteiger partial charge in [0.15, 0.2) is 5.92 Å². The molecule has 0 saturated heterocycles. The van der Waals surface area contributed by atoms with Crippen LogP contribution in [0, 0.1) is 5.92 Å². The minimum atomic E-state index is -1.27. The summed E-state index contributed by atoms with van der Waals surface area (Å²) in [5.41, 5.74) is -0.488. The van der Waals surface area contributed by atoms with Gasteiger partial charge >= 0.3 is 11.9 Å². The number of fused-ring (bicyclic) bond motifs is 1. The third kappa shape index (κ3) is 4.59. The van der Waals surface area contributed by atoms with Gasteiger partial charge in [0.2, 0.25) is 0 Å². The normalized spacial score (nSPS) is 17.1.